The van der Waals surface area contributed by atoms with Crippen LogP contribution in [0.1, 0.15) is 24.2 Å². The van der Waals surface area contributed by atoms with Gasteiger partial charge in [-0.05, 0) is 31.2 Å². The Balaban J connectivity index is 2.84. The summed E-state index contributed by atoms with van der Waals surface area (Å²) in [5.41, 5.74) is 0.586. The third-order valence-corrected chi connectivity index (χ3v) is 2.52. The zero-order valence-corrected chi connectivity index (χ0v) is 8.95. The number of Topliss-reactive ketones (excluding diaryl/α,β-unsaturated/α-hetero) is 1. The number of carbonyl (C=O) groups excluding carboxylic acids is 1. The fourth-order valence-electron chi connectivity index (χ4n) is 1.10. The molecule has 0 fully saturated rings. The minimum atomic E-state index is -0.627. The van der Waals surface area contributed by atoms with Gasteiger partial charge in [0.2, 0.25) is 0 Å². The summed E-state index contributed by atoms with van der Waals surface area (Å²) in [5.74, 6) is -0.437. The van der Waals surface area contributed by atoms with Crippen LogP contribution in [-0.4, -0.2) is 17.0 Å². The number of halogens is 1. The Hall–Kier alpha value is -0.860. The van der Waals surface area contributed by atoms with Crippen molar-refractivity contribution >= 4 is 17.4 Å². The molecule has 1 rings (SSSR count). The van der Waals surface area contributed by atoms with Gasteiger partial charge < -0.3 is 5.11 Å². The molecule has 0 aliphatic rings. The maximum Gasteiger partial charge on any atom is 0.168 e. The number of benzene rings is 1. The van der Waals surface area contributed by atoms with Crippen molar-refractivity contribution in [3.63, 3.8) is 0 Å². The zero-order chi connectivity index (χ0) is 10.7. The first kappa shape index (κ1) is 11.2. The molecule has 14 heavy (non-hydrogen) atoms. The normalized spacial score (nSPS) is 14.9. The standard InChI is InChI=1S/C11H13ClO2/c1-7(8(2)13)11(14)9-3-5-10(12)6-4-9/h3-8,13H,1-2H3. The highest BCUT2D eigenvalue weighted by atomic mass is 35.5. The van der Waals surface area contributed by atoms with E-state index in [4.69, 9.17) is 11.6 Å². The summed E-state index contributed by atoms with van der Waals surface area (Å²) >= 11 is 5.70. The first-order valence-corrected chi connectivity index (χ1v) is 4.88. The molecular weight excluding hydrogens is 200 g/mol. The van der Waals surface area contributed by atoms with Gasteiger partial charge in [0.25, 0.3) is 0 Å². The van der Waals surface area contributed by atoms with Gasteiger partial charge in [-0.25, -0.2) is 0 Å². The van der Waals surface area contributed by atoms with Crippen molar-refractivity contribution in [2.75, 3.05) is 0 Å². The van der Waals surface area contributed by atoms with Crippen LogP contribution in [0.5, 0.6) is 0 Å². The summed E-state index contributed by atoms with van der Waals surface area (Å²) in [6.07, 6.45) is -0.627. The van der Waals surface area contributed by atoms with Crippen LogP contribution in [-0.2, 0) is 0 Å². The molecule has 76 valence electrons. The predicted molar refractivity (Wildman–Crippen MR) is 56.6 cm³/mol. The molecule has 0 saturated heterocycles. The van der Waals surface area contributed by atoms with E-state index in [-0.39, 0.29) is 11.7 Å². The Kier molecular flexibility index (Phi) is 3.67. The maximum absolute atomic E-state index is 11.7. The van der Waals surface area contributed by atoms with Gasteiger partial charge in [0.1, 0.15) is 0 Å². The summed E-state index contributed by atoms with van der Waals surface area (Å²) in [6, 6.07) is 6.68. The van der Waals surface area contributed by atoms with E-state index < -0.39 is 6.10 Å². The van der Waals surface area contributed by atoms with Crippen molar-refractivity contribution < 1.29 is 9.90 Å². The molecule has 0 bridgehead atoms. The molecule has 2 nitrogen and oxygen atoms in total. The van der Waals surface area contributed by atoms with E-state index in [1.165, 1.54) is 0 Å². The van der Waals surface area contributed by atoms with Crippen LogP contribution in [0.25, 0.3) is 0 Å². The van der Waals surface area contributed by atoms with E-state index >= 15 is 0 Å². The number of hydrogen-bond acceptors (Lipinski definition) is 2. The van der Waals surface area contributed by atoms with Gasteiger partial charge in [-0.3, -0.25) is 4.79 Å². The Morgan fingerprint density at radius 3 is 2.21 bits per heavy atom. The smallest absolute Gasteiger partial charge is 0.168 e. The molecule has 0 aliphatic carbocycles. The average Bonchev–Trinajstić information content (AvgIpc) is 2.16. The molecule has 0 radical (unpaired) electrons. The molecule has 0 saturated carbocycles. The van der Waals surface area contributed by atoms with Crippen LogP contribution in [0.2, 0.25) is 5.02 Å². The van der Waals surface area contributed by atoms with Crippen LogP contribution in [0.15, 0.2) is 24.3 Å². The van der Waals surface area contributed by atoms with Gasteiger partial charge in [0.05, 0.1) is 6.10 Å². The summed E-state index contributed by atoms with van der Waals surface area (Å²) in [5, 5.41) is 9.86. The third-order valence-electron chi connectivity index (χ3n) is 2.27. The summed E-state index contributed by atoms with van der Waals surface area (Å²) in [7, 11) is 0. The molecule has 0 heterocycles. The van der Waals surface area contributed by atoms with E-state index in [0.29, 0.717) is 10.6 Å². The van der Waals surface area contributed by atoms with Crippen LogP contribution >= 0.6 is 11.6 Å². The molecule has 1 N–H and O–H groups in total. The minimum absolute atomic E-state index is 0.0586. The Morgan fingerprint density at radius 2 is 1.79 bits per heavy atom. The van der Waals surface area contributed by atoms with Gasteiger partial charge >= 0.3 is 0 Å². The van der Waals surface area contributed by atoms with Crippen molar-refractivity contribution in [2.24, 2.45) is 5.92 Å². The molecule has 0 aliphatic heterocycles. The molecule has 2 atom stereocenters. The van der Waals surface area contributed by atoms with Crippen molar-refractivity contribution in [3.8, 4) is 0 Å². The molecule has 0 amide bonds. The van der Waals surface area contributed by atoms with Crippen LogP contribution < -0.4 is 0 Å². The van der Waals surface area contributed by atoms with Crippen molar-refractivity contribution in [1.82, 2.24) is 0 Å². The van der Waals surface area contributed by atoms with Gasteiger partial charge in [0, 0.05) is 16.5 Å². The van der Waals surface area contributed by atoms with Crippen LogP contribution in [0, 0.1) is 5.92 Å². The van der Waals surface area contributed by atoms with Crippen molar-refractivity contribution in [2.45, 2.75) is 20.0 Å². The molecule has 0 aromatic heterocycles. The predicted octanol–water partition coefficient (Wildman–Crippen LogP) is 2.54. The minimum Gasteiger partial charge on any atom is -0.393 e. The first-order chi connectivity index (χ1) is 6.52. The lowest BCUT2D eigenvalue weighted by Gasteiger charge is -2.12. The van der Waals surface area contributed by atoms with E-state index in [9.17, 15) is 9.90 Å². The second kappa shape index (κ2) is 4.58. The van der Waals surface area contributed by atoms with Crippen molar-refractivity contribution in [1.29, 1.82) is 0 Å². The van der Waals surface area contributed by atoms with E-state index in [1.807, 2.05) is 0 Å². The summed E-state index contributed by atoms with van der Waals surface area (Å²) in [4.78, 5) is 11.7. The summed E-state index contributed by atoms with van der Waals surface area (Å²) in [6.45, 7) is 3.32. The number of carbonyl (C=O) groups is 1. The highest BCUT2D eigenvalue weighted by Gasteiger charge is 2.19. The lowest BCUT2D eigenvalue weighted by molar-refractivity contribution is 0.0759. The second-order valence-corrected chi connectivity index (χ2v) is 3.84. The SMILES string of the molecule is CC(O)C(C)C(=O)c1ccc(Cl)cc1. The largest absolute Gasteiger partial charge is 0.393 e. The number of aliphatic hydroxyl groups excluding tert-OH is 1. The molecule has 3 heteroatoms. The fourth-order valence-corrected chi connectivity index (χ4v) is 1.22. The van der Waals surface area contributed by atoms with E-state index in [0.717, 1.165) is 0 Å². The number of aliphatic hydroxyl groups is 1. The molecule has 1 aromatic rings. The Labute approximate surface area is 88.5 Å². The third kappa shape index (κ3) is 2.56. The van der Waals surface area contributed by atoms with Crippen molar-refractivity contribution in [3.05, 3.63) is 34.9 Å². The number of hydrogen-bond donors (Lipinski definition) is 1. The monoisotopic (exact) mass is 212 g/mol. The van der Waals surface area contributed by atoms with Gasteiger partial charge in [-0.15, -0.1) is 0 Å². The van der Waals surface area contributed by atoms with Crippen LogP contribution in [0.3, 0.4) is 0 Å². The number of ketones is 1. The van der Waals surface area contributed by atoms with Gasteiger partial charge in [-0.2, -0.15) is 0 Å². The van der Waals surface area contributed by atoms with Crippen LogP contribution in [0.4, 0.5) is 0 Å². The first-order valence-electron chi connectivity index (χ1n) is 4.50. The zero-order valence-electron chi connectivity index (χ0n) is 8.20. The summed E-state index contributed by atoms with van der Waals surface area (Å²) < 4.78 is 0. The molecule has 2 unspecified atom stereocenters. The quantitative estimate of drug-likeness (QED) is 0.782. The highest BCUT2D eigenvalue weighted by molar-refractivity contribution is 6.30. The Morgan fingerprint density at radius 1 is 1.29 bits per heavy atom. The molecular formula is C11H13ClO2. The molecule has 1 aromatic carbocycles. The lowest BCUT2D eigenvalue weighted by Crippen LogP contribution is -2.22. The topological polar surface area (TPSA) is 37.3 Å². The molecule has 0 spiro atoms. The van der Waals surface area contributed by atoms with E-state index in [1.54, 1.807) is 38.1 Å². The number of rotatable bonds is 3. The lowest BCUT2D eigenvalue weighted by atomic mass is 9.95. The van der Waals surface area contributed by atoms with E-state index in [2.05, 4.69) is 0 Å². The fraction of sp³-hybridized carbons (Fsp3) is 0.364. The average molecular weight is 213 g/mol. The Bertz CT molecular complexity index is 317. The second-order valence-electron chi connectivity index (χ2n) is 3.40. The maximum atomic E-state index is 11.7. The van der Waals surface area contributed by atoms with Gasteiger partial charge in [-0.1, -0.05) is 18.5 Å². The highest BCUT2D eigenvalue weighted by Crippen LogP contribution is 2.15. The van der Waals surface area contributed by atoms with Gasteiger partial charge in [0.15, 0.2) is 5.78 Å².